The highest BCUT2D eigenvalue weighted by molar-refractivity contribution is 7.98. The SMILES string of the molecule is CC[C@H](C)NC(=O)[C@@H](C)N(Cc1cccc(Cl)c1)C(=O)CN(c1ccc(C)cc1)S(=O)(=O)c1ccc(SC)cc1. The summed E-state index contributed by atoms with van der Waals surface area (Å²) in [4.78, 5) is 29.5. The standard InChI is InChI=1S/C30H36ClN3O4S2/c1-6-22(3)32-30(36)23(4)33(19-24-8-7-9-25(31)18-24)29(35)20-34(26-12-10-21(2)11-13-26)40(37,38)28-16-14-27(39-5)15-17-28/h7-18,22-23H,6,19-20H2,1-5H3,(H,32,36)/t22-,23+/m0/s1. The minimum atomic E-state index is -4.11. The normalized spacial score (nSPS) is 12.8. The number of rotatable bonds is 12. The molecule has 0 aliphatic heterocycles. The van der Waals surface area contributed by atoms with Gasteiger partial charge in [-0.15, -0.1) is 11.8 Å². The summed E-state index contributed by atoms with van der Waals surface area (Å²) in [5.41, 5.74) is 2.03. The molecule has 3 aromatic carbocycles. The van der Waals surface area contributed by atoms with Crippen LogP contribution in [0, 0.1) is 6.92 Å². The Morgan fingerprint density at radius 3 is 2.23 bits per heavy atom. The molecule has 2 amide bonds. The number of carbonyl (C=O) groups is 2. The number of amides is 2. The molecule has 3 rings (SSSR count). The molecule has 0 heterocycles. The van der Waals surface area contributed by atoms with Crippen LogP contribution in [0.15, 0.2) is 82.6 Å². The average molecular weight is 602 g/mol. The maximum absolute atomic E-state index is 14.0. The number of nitrogens with one attached hydrogen (secondary N) is 1. The van der Waals surface area contributed by atoms with Crippen LogP contribution in [0.1, 0.15) is 38.3 Å². The minimum absolute atomic E-state index is 0.0719. The third kappa shape index (κ3) is 8.02. The van der Waals surface area contributed by atoms with Gasteiger partial charge in [-0.1, -0.05) is 48.4 Å². The van der Waals surface area contributed by atoms with Gasteiger partial charge in [0.1, 0.15) is 12.6 Å². The number of halogens is 1. The molecule has 2 atom stereocenters. The van der Waals surface area contributed by atoms with Crippen LogP contribution in [-0.2, 0) is 26.2 Å². The third-order valence-corrected chi connectivity index (χ3v) is 9.43. The fourth-order valence-corrected chi connectivity index (χ4v) is 6.03. The zero-order valence-electron chi connectivity index (χ0n) is 23.4. The number of carbonyl (C=O) groups excluding carboxylic acids is 2. The lowest BCUT2D eigenvalue weighted by Gasteiger charge is -2.32. The van der Waals surface area contributed by atoms with Gasteiger partial charge in [0.15, 0.2) is 0 Å². The quantitative estimate of drug-likeness (QED) is 0.261. The lowest BCUT2D eigenvalue weighted by Crippen LogP contribution is -2.52. The van der Waals surface area contributed by atoms with E-state index in [4.69, 9.17) is 11.6 Å². The Hall–Kier alpha value is -3.01. The first-order chi connectivity index (χ1) is 19.0. The molecular weight excluding hydrogens is 566 g/mol. The molecule has 7 nitrogen and oxygen atoms in total. The smallest absolute Gasteiger partial charge is 0.264 e. The fraction of sp³-hybridized carbons (Fsp3) is 0.333. The van der Waals surface area contributed by atoms with Gasteiger partial charge in [0, 0.05) is 22.5 Å². The summed E-state index contributed by atoms with van der Waals surface area (Å²) in [5, 5.41) is 3.43. The van der Waals surface area contributed by atoms with E-state index >= 15 is 0 Å². The number of hydrogen-bond acceptors (Lipinski definition) is 5. The van der Waals surface area contributed by atoms with Crippen molar-refractivity contribution in [2.75, 3.05) is 17.1 Å². The van der Waals surface area contributed by atoms with E-state index in [1.54, 1.807) is 73.7 Å². The first-order valence-corrected chi connectivity index (χ1v) is 16.1. The first-order valence-electron chi connectivity index (χ1n) is 13.0. The van der Waals surface area contributed by atoms with Crippen molar-refractivity contribution in [2.24, 2.45) is 0 Å². The van der Waals surface area contributed by atoms with Gasteiger partial charge in [-0.2, -0.15) is 0 Å². The molecule has 0 aliphatic rings. The molecular formula is C30H36ClN3O4S2. The van der Waals surface area contributed by atoms with E-state index in [9.17, 15) is 18.0 Å². The Morgan fingerprint density at radius 2 is 1.65 bits per heavy atom. The second-order valence-electron chi connectivity index (χ2n) is 9.67. The van der Waals surface area contributed by atoms with Crippen molar-refractivity contribution in [2.45, 2.75) is 62.5 Å². The number of sulfonamides is 1. The van der Waals surface area contributed by atoms with E-state index in [0.29, 0.717) is 10.7 Å². The maximum atomic E-state index is 14.0. The molecule has 0 unspecified atom stereocenters. The molecule has 214 valence electrons. The molecule has 0 saturated heterocycles. The molecule has 1 N–H and O–H groups in total. The van der Waals surface area contributed by atoms with Crippen LogP contribution in [-0.4, -0.2) is 50.0 Å². The van der Waals surface area contributed by atoms with Crippen LogP contribution in [0.4, 0.5) is 5.69 Å². The average Bonchev–Trinajstić information content (AvgIpc) is 2.94. The van der Waals surface area contributed by atoms with Crippen LogP contribution in [0.25, 0.3) is 0 Å². The summed E-state index contributed by atoms with van der Waals surface area (Å²) in [6.07, 6.45) is 2.64. The Morgan fingerprint density at radius 1 is 1.00 bits per heavy atom. The number of thioether (sulfide) groups is 1. The summed E-state index contributed by atoms with van der Waals surface area (Å²) in [5.74, 6) is -0.834. The number of aryl methyl sites for hydroxylation is 1. The summed E-state index contributed by atoms with van der Waals surface area (Å²) in [6, 6.07) is 19.6. The van der Waals surface area contributed by atoms with E-state index < -0.39 is 28.5 Å². The molecule has 0 saturated carbocycles. The lowest BCUT2D eigenvalue weighted by molar-refractivity contribution is -0.139. The lowest BCUT2D eigenvalue weighted by atomic mass is 10.1. The zero-order valence-corrected chi connectivity index (χ0v) is 25.8. The van der Waals surface area contributed by atoms with Crippen molar-refractivity contribution >= 4 is 50.9 Å². The second kappa shape index (κ2) is 14.1. The Labute approximate surface area is 247 Å². The van der Waals surface area contributed by atoms with E-state index in [0.717, 1.165) is 26.7 Å². The van der Waals surface area contributed by atoms with Crippen LogP contribution in [0.2, 0.25) is 5.02 Å². The van der Waals surface area contributed by atoms with E-state index in [-0.39, 0.29) is 23.4 Å². The van der Waals surface area contributed by atoms with Gasteiger partial charge >= 0.3 is 0 Å². The fourth-order valence-electron chi connectivity index (χ4n) is 3.99. The summed E-state index contributed by atoms with van der Waals surface area (Å²) in [7, 11) is -4.11. The van der Waals surface area contributed by atoms with Crippen LogP contribution in [0.3, 0.4) is 0 Å². The number of benzene rings is 3. The minimum Gasteiger partial charge on any atom is -0.352 e. The first kappa shape index (κ1) is 31.5. The monoisotopic (exact) mass is 601 g/mol. The topological polar surface area (TPSA) is 86.8 Å². The Balaban J connectivity index is 2.02. The van der Waals surface area contributed by atoms with E-state index in [2.05, 4.69) is 5.32 Å². The van der Waals surface area contributed by atoms with Crippen molar-refractivity contribution in [3.05, 3.63) is 88.9 Å². The molecule has 3 aromatic rings. The van der Waals surface area contributed by atoms with Crippen molar-refractivity contribution in [1.29, 1.82) is 0 Å². The van der Waals surface area contributed by atoms with Gasteiger partial charge < -0.3 is 10.2 Å². The second-order valence-corrected chi connectivity index (χ2v) is 12.8. The largest absolute Gasteiger partial charge is 0.352 e. The zero-order chi connectivity index (χ0) is 29.4. The van der Waals surface area contributed by atoms with Gasteiger partial charge in [0.2, 0.25) is 11.8 Å². The molecule has 10 heteroatoms. The molecule has 0 spiro atoms. The molecule has 0 radical (unpaired) electrons. The number of anilines is 1. The van der Waals surface area contributed by atoms with E-state index in [1.807, 2.05) is 33.1 Å². The molecule has 0 aliphatic carbocycles. The van der Waals surface area contributed by atoms with Crippen LogP contribution < -0.4 is 9.62 Å². The third-order valence-electron chi connectivity index (χ3n) is 6.66. The molecule has 0 aromatic heterocycles. The molecule has 0 fully saturated rings. The van der Waals surface area contributed by atoms with Gasteiger partial charge in [-0.05, 0) is 87.5 Å². The molecule has 0 bridgehead atoms. The van der Waals surface area contributed by atoms with Crippen molar-refractivity contribution < 1.29 is 18.0 Å². The summed E-state index contributed by atoms with van der Waals surface area (Å²) in [6.45, 7) is 6.99. The van der Waals surface area contributed by atoms with Gasteiger partial charge in [-0.3, -0.25) is 13.9 Å². The van der Waals surface area contributed by atoms with Gasteiger partial charge in [0.05, 0.1) is 10.6 Å². The predicted molar refractivity (Wildman–Crippen MR) is 163 cm³/mol. The van der Waals surface area contributed by atoms with Gasteiger partial charge in [-0.25, -0.2) is 8.42 Å². The van der Waals surface area contributed by atoms with Crippen LogP contribution in [0.5, 0.6) is 0 Å². The van der Waals surface area contributed by atoms with Crippen LogP contribution >= 0.6 is 23.4 Å². The number of nitrogens with zero attached hydrogens (tertiary/aromatic N) is 2. The van der Waals surface area contributed by atoms with Crippen molar-refractivity contribution in [1.82, 2.24) is 10.2 Å². The highest BCUT2D eigenvalue weighted by atomic mass is 35.5. The number of hydrogen-bond donors (Lipinski definition) is 1. The summed E-state index contributed by atoms with van der Waals surface area (Å²) >= 11 is 7.70. The van der Waals surface area contributed by atoms with Gasteiger partial charge in [0.25, 0.3) is 10.0 Å². The Kier molecular flexibility index (Phi) is 11.1. The van der Waals surface area contributed by atoms with E-state index in [1.165, 1.54) is 16.7 Å². The summed E-state index contributed by atoms with van der Waals surface area (Å²) < 4.78 is 28.9. The van der Waals surface area contributed by atoms with Crippen molar-refractivity contribution in [3.63, 3.8) is 0 Å². The highest BCUT2D eigenvalue weighted by Gasteiger charge is 2.32. The maximum Gasteiger partial charge on any atom is 0.264 e. The van der Waals surface area contributed by atoms with Crippen molar-refractivity contribution in [3.8, 4) is 0 Å². The molecule has 40 heavy (non-hydrogen) atoms. The Bertz CT molecular complexity index is 1410. The predicted octanol–water partition coefficient (Wildman–Crippen LogP) is 5.90. The highest BCUT2D eigenvalue weighted by Crippen LogP contribution is 2.26.